The van der Waals surface area contributed by atoms with Gasteiger partial charge < -0.3 is 9.84 Å². The Morgan fingerprint density at radius 3 is 2.75 bits per heavy atom. The Morgan fingerprint density at radius 2 is 2.12 bits per heavy atom. The fourth-order valence-corrected chi connectivity index (χ4v) is 3.55. The summed E-state index contributed by atoms with van der Waals surface area (Å²) < 4.78 is 5.36. The van der Waals surface area contributed by atoms with Gasteiger partial charge in [-0.15, -0.1) is 11.3 Å². The summed E-state index contributed by atoms with van der Waals surface area (Å²) in [6.07, 6.45) is 0.995. The van der Waals surface area contributed by atoms with Crippen LogP contribution in [0, 0.1) is 6.92 Å². The van der Waals surface area contributed by atoms with E-state index in [9.17, 15) is 9.59 Å². The van der Waals surface area contributed by atoms with E-state index in [0.717, 1.165) is 17.5 Å². The van der Waals surface area contributed by atoms with Crippen molar-refractivity contribution in [1.82, 2.24) is 4.98 Å². The number of benzene rings is 1. The SMILES string of the molecule is Cc1ccc(-c2nc(NC(=O)C3CCCO3)sc2CC(=O)O)cc1. The molecule has 1 aliphatic heterocycles. The number of anilines is 1. The van der Waals surface area contributed by atoms with E-state index in [0.29, 0.717) is 28.7 Å². The highest BCUT2D eigenvalue weighted by Crippen LogP contribution is 2.32. The second kappa shape index (κ2) is 7.11. The quantitative estimate of drug-likeness (QED) is 0.869. The Labute approximate surface area is 143 Å². The van der Waals surface area contributed by atoms with Gasteiger partial charge in [-0.3, -0.25) is 14.9 Å². The van der Waals surface area contributed by atoms with Gasteiger partial charge in [-0.2, -0.15) is 0 Å². The highest BCUT2D eigenvalue weighted by Gasteiger charge is 2.25. The van der Waals surface area contributed by atoms with Gasteiger partial charge in [-0.1, -0.05) is 29.8 Å². The molecule has 0 saturated carbocycles. The molecule has 1 aromatic carbocycles. The van der Waals surface area contributed by atoms with Crippen LogP contribution in [-0.2, 0) is 20.7 Å². The van der Waals surface area contributed by atoms with Gasteiger partial charge in [-0.25, -0.2) is 4.98 Å². The van der Waals surface area contributed by atoms with Crippen molar-refractivity contribution in [3.05, 3.63) is 34.7 Å². The van der Waals surface area contributed by atoms with E-state index < -0.39 is 12.1 Å². The van der Waals surface area contributed by atoms with E-state index >= 15 is 0 Å². The summed E-state index contributed by atoms with van der Waals surface area (Å²) in [5.74, 6) is -1.15. The Bertz CT molecular complexity index is 748. The minimum atomic E-state index is -0.927. The minimum absolute atomic E-state index is 0.128. The molecule has 7 heteroatoms. The van der Waals surface area contributed by atoms with Gasteiger partial charge >= 0.3 is 5.97 Å². The number of aliphatic carboxylic acids is 1. The van der Waals surface area contributed by atoms with Crippen molar-refractivity contribution in [2.45, 2.75) is 32.3 Å². The number of amides is 1. The highest BCUT2D eigenvalue weighted by molar-refractivity contribution is 7.16. The molecule has 1 aliphatic rings. The van der Waals surface area contributed by atoms with Crippen LogP contribution in [0.5, 0.6) is 0 Å². The predicted octanol–water partition coefficient (Wildman–Crippen LogP) is 2.86. The summed E-state index contributed by atoms with van der Waals surface area (Å²) in [5, 5.41) is 12.3. The first-order valence-electron chi connectivity index (χ1n) is 7.74. The van der Waals surface area contributed by atoms with Gasteiger partial charge in [0.25, 0.3) is 5.91 Å². The molecular weight excluding hydrogens is 328 g/mol. The zero-order valence-corrected chi connectivity index (χ0v) is 14.1. The first kappa shape index (κ1) is 16.6. The smallest absolute Gasteiger partial charge is 0.308 e. The molecule has 126 valence electrons. The van der Waals surface area contributed by atoms with Crippen LogP contribution in [0.25, 0.3) is 11.3 Å². The summed E-state index contributed by atoms with van der Waals surface area (Å²) in [7, 11) is 0. The average Bonchev–Trinajstić information content (AvgIpc) is 3.18. The van der Waals surface area contributed by atoms with Crippen molar-refractivity contribution < 1.29 is 19.4 Å². The van der Waals surface area contributed by atoms with E-state index in [1.165, 1.54) is 11.3 Å². The molecule has 0 radical (unpaired) electrons. The fraction of sp³-hybridized carbons (Fsp3) is 0.353. The van der Waals surface area contributed by atoms with Crippen LogP contribution in [0.2, 0.25) is 0 Å². The molecule has 1 saturated heterocycles. The molecule has 6 nitrogen and oxygen atoms in total. The Morgan fingerprint density at radius 1 is 1.38 bits per heavy atom. The van der Waals surface area contributed by atoms with Gasteiger partial charge in [0.15, 0.2) is 5.13 Å². The van der Waals surface area contributed by atoms with Crippen molar-refractivity contribution in [3.8, 4) is 11.3 Å². The molecule has 0 spiro atoms. The van der Waals surface area contributed by atoms with Crippen LogP contribution in [0.15, 0.2) is 24.3 Å². The van der Waals surface area contributed by atoms with Crippen molar-refractivity contribution in [1.29, 1.82) is 0 Å². The average molecular weight is 346 g/mol. The summed E-state index contributed by atoms with van der Waals surface area (Å²) in [4.78, 5) is 28.3. The second-order valence-electron chi connectivity index (χ2n) is 5.72. The van der Waals surface area contributed by atoms with Crippen molar-refractivity contribution >= 4 is 28.3 Å². The first-order chi connectivity index (χ1) is 11.5. The van der Waals surface area contributed by atoms with E-state index in [-0.39, 0.29) is 12.3 Å². The lowest BCUT2D eigenvalue weighted by Gasteiger charge is -2.07. The van der Waals surface area contributed by atoms with Crippen LogP contribution in [-0.4, -0.2) is 34.7 Å². The zero-order chi connectivity index (χ0) is 17.1. The van der Waals surface area contributed by atoms with Crippen molar-refractivity contribution in [3.63, 3.8) is 0 Å². The molecule has 3 rings (SSSR count). The maximum atomic E-state index is 12.2. The van der Waals surface area contributed by atoms with E-state index in [2.05, 4.69) is 10.3 Å². The van der Waals surface area contributed by atoms with Gasteiger partial charge in [0.05, 0.1) is 12.1 Å². The second-order valence-corrected chi connectivity index (χ2v) is 6.80. The molecule has 2 N–H and O–H groups in total. The normalized spacial score (nSPS) is 17.0. The molecule has 1 amide bonds. The number of nitrogens with zero attached hydrogens (tertiary/aromatic N) is 1. The lowest BCUT2D eigenvalue weighted by molar-refractivity contribution is -0.136. The lowest BCUT2D eigenvalue weighted by Crippen LogP contribution is -2.26. The Kier molecular flexibility index (Phi) is 4.92. The minimum Gasteiger partial charge on any atom is -0.481 e. The highest BCUT2D eigenvalue weighted by atomic mass is 32.1. The summed E-state index contributed by atoms with van der Waals surface area (Å²) >= 11 is 1.19. The maximum absolute atomic E-state index is 12.2. The standard InChI is InChI=1S/C17H18N2O4S/c1-10-4-6-11(7-5-10)15-13(9-14(20)21)24-17(18-15)19-16(22)12-3-2-8-23-12/h4-7,12H,2-3,8-9H2,1H3,(H,20,21)(H,18,19,22). The van der Waals surface area contributed by atoms with Crippen LogP contribution in [0.3, 0.4) is 0 Å². The van der Waals surface area contributed by atoms with E-state index in [1.807, 2.05) is 31.2 Å². The number of aromatic nitrogens is 1. The van der Waals surface area contributed by atoms with Crippen LogP contribution >= 0.6 is 11.3 Å². The number of hydrogen-bond acceptors (Lipinski definition) is 5. The third kappa shape index (κ3) is 3.80. The number of rotatable bonds is 5. The summed E-state index contributed by atoms with van der Waals surface area (Å²) in [6.45, 7) is 2.57. The van der Waals surface area contributed by atoms with Crippen LogP contribution in [0.4, 0.5) is 5.13 Å². The summed E-state index contributed by atoms with van der Waals surface area (Å²) in [5.41, 5.74) is 2.55. The largest absolute Gasteiger partial charge is 0.481 e. The molecule has 1 unspecified atom stereocenters. The van der Waals surface area contributed by atoms with Gasteiger partial charge in [0.2, 0.25) is 0 Å². The van der Waals surface area contributed by atoms with E-state index in [4.69, 9.17) is 9.84 Å². The monoisotopic (exact) mass is 346 g/mol. The van der Waals surface area contributed by atoms with Crippen molar-refractivity contribution in [2.75, 3.05) is 11.9 Å². The number of ether oxygens (including phenoxy) is 1. The molecule has 1 atom stereocenters. The lowest BCUT2D eigenvalue weighted by atomic mass is 10.1. The zero-order valence-electron chi connectivity index (χ0n) is 13.2. The third-order valence-electron chi connectivity index (χ3n) is 3.79. The number of hydrogen-bond donors (Lipinski definition) is 2. The first-order valence-corrected chi connectivity index (χ1v) is 8.55. The molecule has 24 heavy (non-hydrogen) atoms. The Balaban J connectivity index is 1.86. The molecule has 1 aromatic heterocycles. The molecule has 2 heterocycles. The number of nitrogens with one attached hydrogen (secondary N) is 1. The number of carbonyl (C=O) groups is 2. The molecule has 0 aliphatic carbocycles. The Hall–Kier alpha value is -2.25. The fourth-order valence-electron chi connectivity index (χ4n) is 2.57. The van der Waals surface area contributed by atoms with Crippen LogP contribution < -0.4 is 5.32 Å². The third-order valence-corrected chi connectivity index (χ3v) is 4.76. The number of carbonyl (C=O) groups excluding carboxylic acids is 1. The maximum Gasteiger partial charge on any atom is 0.308 e. The molecule has 0 bridgehead atoms. The van der Waals surface area contributed by atoms with Gasteiger partial charge in [-0.05, 0) is 19.8 Å². The number of aryl methyl sites for hydroxylation is 1. The van der Waals surface area contributed by atoms with E-state index in [1.54, 1.807) is 0 Å². The molecular formula is C17H18N2O4S. The van der Waals surface area contributed by atoms with Gasteiger partial charge in [0, 0.05) is 17.0 Å². The molecule has 2 aromatic rings. The van der Waals surface area contributed by atoms with Crippen LogP contribution in [0.1, 0.15) is 23.3 Å². The van der Waals surface area contributed by atoms with Gasteiger partial charge in [0.1, 0.15) is 6.10 Å². The summed E-state index contributed by atoms with van der Waals surface area (Å²) in [6, 6.07) is 7.70. The number of carboxylic acids is 1. The molecule has 1 fully saturated rings. The number of thiazole rings is 1. The predicted molar refractivity (Wildman–Crippen MR) is 91.2 cm³/mol. The van der Waals surface area contributed by atoms with Crippen molar-refractivity contribution in [2.24, 2.45) is 0 Å². The number of carboxylic acid groups (broad SMARTS) is 1. The topological polar surface area (TPSA) is 88.5 Å².